The lowest BCUT2D eigenvalue weighted by Crippen LogP contribution is -2.16. The first-order chi connectivity index (χ1) is 10.1. The maximum absolute atomic E-state index is 5.98. The molecular weight excluding hydrogens is 304 g/mol. The Hall–Kier alpha value is -0.810. The largest absolute Gasteiger partial charge is 0.463 e. The first kappa shape index (κ1) is 15.1. The van der Waals surface area contributed by atoms with Gasteiger partial charge in [-0.1, -0.05) is 11.6 Å². The summed E-state index contributed by atoms with van der Waals surface area (Å²) >= 11 is 7.60. The molecule has 0 aliphatic heterocycles. The van der Waals surface area contributed by atoms with Gasteiger partial charge in [0.25, 0.3) is 0 Å². The second-order valence-corrected chi connectivity index (χ2v) is 7.65. The summed E-state index contributed by atoms with van der Waals surface area (Å²) in [5, 5.41) is 3.50. The Labute approximate surface area is 134 Å². The maximum Gasteiger partial charge on any atom is 0.120 e. The highest BCUT2D eigenvalue weighted by Crippen LogP contribution is 2.24. The molecule has 1 aliphatic rings. The number of nitrogens with zero attached hydrogens (tertiary/aromatic N) is 1. The van der Waals surface area contributed by atoms with E-state index in [0.29, 0.717) is 6.04 Å². The Balaban J connectivity index is 1.54. The molecular formula is C16H21ClN2OS. The van der Waals surface area contributed by atoms with Crippen molar-refractivity contribution in [2.24, 2.45) is 0 Å². The normalized spacial score (nSPS) is 15.0. The molecule has 3 rings (SSSR count). The second-order valence-electron chi connectivity index (χ2n) is 5.85. The van der Waals surface area contributed by atoms with E-state index in [9.17, 15) is 0 Å². The first-order valence-corrected chi connectivity index (χ1v) is 8.54. The van der Waals surface area contributed by atoms with E-state index < -0.39 is 0 Å². The van der Waals surface area contributed by atoms with Crippen LogP contribution < -0.4 is 5.32 Å². The lowest BCUT2D eigenvalue weighted by atomic mass is 10.2. The minimum atomic E-state index is 0.712. The second kappa shape index (κ2) is 6.53. The number of halogens is 1. The third-order valence-electron chi connectivity index (χ3n) is 3.68. The fraction of sp³-hybridized carbons (Fsp3) is 0.500. The van der Waals surface area contributed by atoms with Crippen LogP contribution in [0.15, 0.2) is 22.6 Å². The summed E-state index contributed by atoms with van der Waals surface area (Å²) in [4.78, 5) is 3.53. The topological polar surface area (TPSA) is 28.4 Å². The predicted octanol–water partition coefficient (Wildman–Crippen LogP) is 4.19. The maximum atomic E-state index is 5.98. The molecule has 0 unspecified atom stereocenters. The van der Waals surface area contributed by atoms with Gasteiger partial charge in [0.15, 0.2) is 0 Å². The highest BCUT2D eigenvalue weighted by molar-refractivity contribution is 7.16. The summed E-state index contributed by atoms with van der Waals surface area (Å²) < 4.78 is 6.83. The third-order valence-corrected chi connectivity index (χ3v) is 4.90. The van der Waals surface area contributed by atoms with Crippen molar-refractivity contribution in [3.05, 3.63) is 44.5 Å². The monoisotopic (exact) mass is 324 g/mol. The highest BCUT2D eigenvalue weighted by Gasteiger charge is 2.21. The molecule has 1 fully saturated rings. The van der Waals surface area contributed by atoms with E-state index in [0.717, 1.165) is 35.5 Å². The van der Waals surface area contributed by atoms with Crippen LogP contribution in [0.5, 0.6) is 0 Å². The molecule has 21 heavy (non-hydrogen) atoms. The fourth-order valence-corrected chi connectivity index (χ4v) is 3.56. The van der Waals surface area contributed by atoms with Crippen molar-refractivity contribution in [3.8, 4) is 0 Å². The molecule has 2 aromatic heterocycles. The summed E-state index contributed by atoms with van der Waals surface area (Å²) in [6, 6.07) is 6.90. The molecule has 1 N–H and O–H groups in total. The average Bonchev–Trinajstić information content (AvgIpc) is 3.07. The van der Waals surface area contributed by atoms with Crippen LogP contribution in [0.2, 0.25) is 4.34 Å². The molecule has 114 valence electrons. The van der Waals surface area contributed by atoms with E-state index >= 15 is 0 Å². The van der Waals surface area contributed by atoms with Crippen molar-refractivity contribution in [3.63, 3.8) is 0 Å². The Morgan fingerprint density at radius 2 is 2.19 bits per heavy atom. The van der Waals surface area contributed by atoms with Crippen LogP contribution in [0.3, 0.4) is 0 Å². The molecule has 2 aromatic rings. The van der Waals surface area contributed by atoms with Crippen molar-refractivity contribution in [2.75, 3.05) is 7.05 Å². The van der Waals surface area contributed by atoms with E-state index in [1.807, 2.05) is 6.07 Å². The van der Waals surface area contributed by atoms with E-state index in [2.05, 4.69) is 36.3 Å². The Bertz CT molecular complexity index is 603. The first-order valence-electron chi connectivity index (χ1n) is 7.34. The molecule has 3 nitrogen and oxygen atoms in total. The molecule has 2 heterocycles. The smallest absolute Gasteiger partial charge is 0.120 e. The van der Waals surface area contributed by atoms with Gasteiger partial charge in [-0.05, 0) is 50.6 Å². The Morgan fingerprint density at radius 1 is 1.38 bits per heavy atom. The minimum Gasteiger partial charge on any atom is -0.463 e. The van der Waals surface area contributed by atoms with Crippen molar-refractivity contribution in [2.45, 2.75) is 45.4 Å². The van der Waals surface area contributed by atoms with Crippen molar-refractivity contribution in [1.82, 2.24) is 10.2 Å². The van der Waals surface area contributed by atoms with E-state index in [-0.39, 0.29) is 0 Å². The number of nitrogens with one attached hydrogen (secondary N) is 1. The predicted molar refractivity (Wildman–Crippen MR) is 87.8 cm³/mol. The summed E-state index contributed by atoms with van der Waals surface area (Å²) in [6.45, 7) is 4.68. The van der Waals surface area contributed by atoms with Gasteiger partial charge in [-0.15, -0.1) is 11.3 Å². The standard InChI is InChI=1S/C16H21ClN2OS/c1-11-7-13(20-15(11)8-18-12-3-4-12)9-19(2)10-14-5-6-16(17)21-14/h5-7,12,18H,3-4,8-10H2,1-2H3. The summed E-state index contributed by atoms with van der Waals surface area (Å²) in [7, 11) is 2.10. The van der Waals surface area contributed by atoms with Gasteiger partial charge >= 0.3 is 0 Å². The van der Waals surface area contributed by atoms with Gasteiger partial charge in [0.1, 0.15) is 11.5 Å². The van der Waals surface area contributed by atoms with Gasteiger partial charge in [-0.2, -0.15) is 0 Å². The number of hydrogen-bond donors (Lipinski definition) is 1. The number of furan rings is 1. The lowest BCUT2D eigenvalue weighted by Gasteiger charge is -2.13. The Morgan fingerprint density at radius 3 is 2.86 bits per heavy atom. The quantitative estimate of drug-likeness (QED) is 0.828. The van der Waals surface area contributed by atoms with Crippen LogP contribution in [-0.2, 0) is 19.6 Å². The molecule has 0 spiro atoms. The SMILES string of the molecule is Cc1cc(CN(C)Cc2ccc(Cl)s2)oc1CNC1CC1. The van der Waals surface area contributed by atoms with Crippen LogP contribution in [0, 0.1) is 6.92 Å². The van der Waals surface area contributed by atoms with E-state index in [1.165, 1.54) is 23.3 Å². The molecule has 0 saturated heterocycles. The van der Waals surface area contributed by atoms with E-state index in [4.69, 9.17) is 16.0 Å². The van der Waals surface area contributed by atoms with E-state index in [1.54, 1.807) is 11.3 Å². The van der Waals surface area contributed by atoms with Crippen molar-refractivity contribution >= 4 is 22.9 Å². The third kappa shape index (κ3) is 4.33. The summed E-state index contributed by atoms with van der Waals surface area (Å²) in [5.74, 6) is 2.11. The molecule has 0 bridgehead atoms. The zero-order valence-electron chi connectivity index (χ0n) is 12.5. The molecule has 0 radical (unpaired) electrons. The van der Waals surface area contributed by atoms with Crippen LogP contribution in [-0.4, -0.2) is 18.0 Å². The van der Waals surface area contributed by atoms with Gasteiger partial charge in [0.2, 0.25) is 0 Å². The van der Waals surface area contributed by atoms with Gasteiger partial charge in [0, 0.05) is 17.5 Å². The molecule has 1 aliphatic carbocycles. The summed E-state index contributed by atoms with van der Waals surface area (Å²) in [5.41, 5.74) is 1.24. The average molecular weight is 325 g/mol. The van der Waals surface area contributed by atoms with Crippen molar-refractivity contribution < 1.29 is 4.42 Å². The number of aryl methyl sites for hydroxylation is 1. The van der Waals surface area contributed by atoms with Gasteiger partial charge in [-0.25, -0.2) is 0 Å². The van der Waals surface area contributed by atoms with Crippen molar-refractivity contribution in [1.29, 1.82) is 0 Å². The minimum absolute atomic E-state index is 0.712. The number of rotatable bonds is 7. The zero-order chi connectivity index (χ0) is 14.8. The van der Waals surface area contributed by atoms with Gasteiger partial charge in [0.05, 0.1) is 17.4 Å². The molecule has 1 saturated carbocycles. The fourth-order valence-electron chi connectivity index (χ4n) is 2.39. The van der Waals surface area contributed by atoms with Gasteiger partial charge in [-0.3, -0.25) is 4.90 Å². The Kier molecular flexibility index (Phi) is 4.69. The molecule has 0 atom stereocenters. The van der Waals surface area contributed by atoms with Crippen LogP contribution in [0.25, 0.3) is 0 Å². The molecule has 0 aromatic carbocycles. The van der Waals surface area contributed by atoms with Crippen LogP contribution in [0.1, 0.15) is 34.8 Å². The number of hydrogen-bond acceptors (Lipinski definition) is 4. The number of thiophene rings is 1. The zero-order valence-corrected chi connectivity index (χ0v) is 14.1. The van der Waals surface area contributed by atoms with Crippen LogP contribution >= 0.6 is 22.9 Å². The van der Waals surface area contributed by atoms with Crippen LogP contribution in [0.4, 0.5) is 0 Å². The molecule has 5 heteroatoms. The van der Waals surface area contributed by atoms with Gasteiger partial charge < -0.3 is 9.73 Å². The summed E-state index contributed by atoms with van der Waals surface area (Å²) in [6.07, 6.45) is 2.61. The highest BCUT2D eigenvalue weighted by atomic mass is 35.5. The molecule has 0 amide bonds. The lowest BCUT2D eigenvalue weighted by molar-refractivity contribution is 0.284.